The monoisotopic (exact) mass is 624 g/mol. The summed E-state index contributed by atoms with van der Waals surface area (Å²) in [5, 5.41) is 9.07. The molecule has 1 aromatic carbocycles. The highest BCUT2D eigenvalue weighted by atomic mass is 32.1. The molecule has 0 spiro atoms. The van der Waals surface area contributed by atoms with E-state index in [4.69, 9.17) is 4.74 Å². The predicted molar refractivity (Wildman–Crippen MR) is 161 cm³/mol. The number of nitrogens with zero attached hydrogens (tertiary/aromatic N) is 4. The van der Waals surface area contributed by atoms with E-state index >= 15 is 4.39 Å². The van der Waals surface area contributed by atoms with Gasteiger partial charge in [-0.25, -0.2) is 14.4 Å². The zero-order valence-electron chi connectivity index (χ0n) is 24.2. The molecule has 1 N–H and O–H groups in total. The lowest BCUT2D eigenvalue weighted by molar-refractivity contribution is -0.141. The van der Waals surface area contributed by atoms with Crippen LogP contribution in [0.4, 0.5) is 19.7 Å². The average molecular weight is 625 g/mol. The number of rotatable bonds is 10. The first-order chi connectivity index (χ1) is 21.3. The molecule has 0 radical (unpaired) electrons. The van der Waals surface area contributed by atoms with Crippen LogP contribution in [0, 0.1) is 22.8 Å². The first-order valence-electron chi connectivity index (χ1n) is 15.1. The Balaban J connectivity index is 1.30. The second kappa shape index (κ2) is 13.1. The Hall–Kier alpha value is -3.77. The van der Waals surface area contributed by atoms with Gasteiger partial charge in [0, 0.05) is 55.5 Å². The van der Waals surface area contributed by atoms with E-state index in [2.05, 4.69) is 9.97 Å². The van der Waals surface area contributed by atoms with Crippen molar-refractivity contribution < 1.29 is 33.0 Å². The number of ether oxygens (including phenoxy) is 1. The zero-order valence-corrected chi connectivity index (χ0v) is 25.0. The highest BCUT2D eigenvalue weighted by Crippen LogP contribution is 2.42. The number of halogens is 2. The van der Waals surface area contributed by atoms with Crippen molar-refractivity contribution in [1.29, 1.82) is 0 Å². The molecule has 1 aliphatic carbocycles. The summed E-state index contributed by atoms with van der Waals surface area (Å²) in [7, 11) is 0. The van der Waals surface area contributed by atoms with Crippen molar-refractivity contribution in [1.82, 2.24) is 9.97 Å². The Bertz CT molecular complexity index is 1540. The fourth-order valence-electron chi connectivity index (χ4n) is 6.10. The molecular weight excluding hydrogens is 590 g/mol. The van der Waals surface area contributed by atoms with Gasteiger partial charge in [-0.1, -0.05) is 17.4 Å². The van der Waals surface area contributed by atoms with Crippen molar-refractivity contribution in [3.8, 4) is 22.4 Å². The standard InChI is InChI=1S/C32H34F2N4O5S/c33-22-5-8-24(20-4-9-26(35-18-20)37-12-2-1-3-27(37)39)25(17-22)29-30(34)44-32(36-29)38(23-6-7-23)31(42)21(16-28(40)41)15-19-10-13-43-14-11-19/h4-5,8-9,17-19,21,23H,1-3,6-7,10-16H2,(H,40,41)/t21-/m1/s1. The number of benzene rings is 1. The summed E-state index contributed by atoms with van der Waals surface area (Å²) in [5.41, 5.74) is 1.21. The number of carboxylic acid groups (broad SMARTS) is 1. The number of pyridine rings is 1. The lowest BCUT2D eigenvalue weighted by Crippen LogP contribution is -2.40. The summed E-state index contributed by atoms with van der Waals surface area (Å²) >= 11 is 0.705. The maximum absolute atomic E-state index is 15.7. The van der Waals surface area contributed by atoms with E-state index in [1.165, 1.54) is 23.1 Å². The minimum Gasteiger partial charge on any atom is -0.481 e. The lowest BCUT2D eigenvalue weighted by Gasteiger charge is -2.29. The van der Waals surface area contributed by atoms with Gasteiger partial charge >= 0.3 is 5.97 Å². The molecule has 9 nitrogen and oxygen atoms in total. The molecule has 2 saturated heterocycles. The number of hydrogen-bond acceptors (Lipinski definition) is 7. The first-order valence-corrected chi connectivity index (χ1v) is 16.0. The van der Waals surface area contributed by atoms with Crippen molar-refractivity contribution in [2.45, 2.75) is 63.8 Å². The average Bonchev–Trinajstić information content (AvgIpc) is 3.78. The SMILES string of the molecule is O=C(O)C[C@@H](CC1CCOCC1)C(=O)N(c1nc(-c2cc(F)ccc2-c2ccc(N3CCCCC3=O)nc2)c(F)s1)C1CC1. The smallest absolute Gasteiger partial charge is 0.304 e. The van der Waals surface area contributed by atoms with E-state index in [1.54, 1.807) is 23.2 Å². The quantitative estimate of drug-likeness (QED) is 0.291. The van der Waals surface area contributed by atoms with Gasteiger partial charge in [0.1, 0.15) is 17.3 Å². The normalized spacial score (nSPS) is 18.3. The van der Waals surface area contributed by atoms with Crippen LogP contribution in [0.3, 0.4) is 0 Å². The number of piperidine rings is 1. The number of aromatic nitrogens is 2. The highest BCUT2D eigenvalue weighted by Gasteiger charge is 2.40. The van der Waals surface area contributed by atoms with Gasteiger partial charge in [-0.2, -0.15) is 4.39 Å². The lowest BCUT2D eigenvalue weighted by atomic mass is 9.86. The molecule has 1 atom stereocenters. The van der Waals surface area contributed by atoms with Crippen molar-refractivity contribution in [3.63, 3.8) is 0 Å². The number of amides is 2. The molecule has 0 bridgehead atoms. The van der Waals surface area contributed by atoms with Crippen molar-refractivity contribution in [2.75, 3.05) is 29.6 Å². The third-order valence-corrected chi connectivity index (χ3v) is 9.40. The second-order valence-corrected chi connectivity index (χ2v) is 12.7. The molecule has 44 heavy (non-hydrogen) atoms. The van der Waals surface area contributed by atoms with Crippen molar-refractivity contribution >= 4 is 40.1 Å². The van der Waals surface area contributed by atoms with Gasteiger partial charge in [-0.05, 0) is 80.7 Å². The van der Waals surface area contributed by atoms with E-state index in [0.717, 1.165) is 25.7 Å². The molecule has 2 amide bonds. The van der Waals surface area contributed by atoms with Crippen molar-refractivity contribution in [3.05, 3.63) is 47.5 Å². The molecule has 1 saturated carbocycles. The minimum atomic E-state index is -1.06. The van der Waals surface area contributed by atoms with Crippen LogP contribution in [0.2, 0.25) is 0 Å². The molecule has 3 aromatic rings. The minimum absolute atomic E-state index is 0.0177. The Kier molecular flexibility index (Phi) is 8.99. The summed E-state index contributed by atoms with van der Waals surface area (Å²) in [6.07, 6.45) is 6.84. The molecule has 4 heterocycles. The Morgan fingerprint density at radius 1 is 1.09 bits per heavy atom. The van der Waals surface area contributed by atoms with Crippen LogP contribution in [0.25, 0.3) is 22.4 Å². The number of carbonyl (C=O) groups is 3. The first kappa shape index (κ1) is 30.3. The third kappa shape index (κ3) is 6.66. The summed E-state index contributed by atoms with van der Waals surface area (Å²) in [6, 6.07) is 7.32. The molecule has 3 fully saturated rings. The number of thiazole rings is 1. The van der Waals surface area contributed by atoms with Gasteiger partial charge in [-0.3, -0.25) is 24.2 Å². The van der Waals surface area contributed by atoms with Gasteiger partial charge in [0.05, 0.1) is 6.42 Å². The van der Waals surface area contributed by atoms with Crippen LogP contribution in [0.5, 0.6) is 0 Å². The fraction of sp³-hybridized carbons (Fsp3) is 0.469. The third-order valence-electron chi connectivity index (χ3n) is 8.55. The van der Waals surface area contributed by atoms with Crippen LogP contribution < -0.4 is 9.80 Å². The number of hydrogen-bond donors (Lipinski definition) is 1. The van der Waals surface area contributed by atoms with Crippen molar-refractivity contribution in [2.24, 2.45) is 11.8 Å². The number of carboxylic acids is 1. The van der Waals surface area contributed by atoms with Crippen LogP contribution in [-0.4, -0.2) is 58.7 Å². The van der Waals surface area contributed by atoms with Gasteiger partial charge < -0.3 is 9.84 Å². The van der Waals surface area contributed by atoms with E-state index in [0.29, 0.717) is 73.7 Å². The van der Waals surface area contributed by atoms with E-state index in [9.17, 15) is 23.9 Å². The molecule has 2 aromatic heterocycles. The summed E-state index contributed by atoms with van der Waals surface area (Å²) in [6.45, 7) is 1.76. The molecule has 232 valence electrons. The van der Waals surface area contributed by atoms with E-state index in [-0.39, 0.29) is 46.6 Å². The van der Waals surface area contributed by atoms with E-state index < -0.39 is 22.8 Å². The topological polar surface area (TPSA) is 113 Å². The number of anilines is 2. The van der Waals surface area contributed by atoms with Gasteiger partial charge in [-0.15, -0.1) is 0 Å². The number of carbonyl (C=O) groups excluding carboxylic acids is 2. The molecular formula is C32H34F2N4O5S. The fourth-order valence-corrected chi connectivity index (χ4v) is 6.99. The summed E-state index contributed by atoms with van der Waals surface area (Å²) < 4.78 is 35.7. The Morgan fingerprint density at radius 3 is 2.57 bits per heavy atom. The van der Waals surface area contributed by atoms with E-state index in [1.807, 2.05) is 0 Å². The summed E-state index contributed by atoms with van der Waals surface area (Å²) in [5.74, 6) is -2.06. The van der Waals surface area contributed by atoms with Gasteiger partial charge in [0.15, 0.2) is 5.13 Å². The van der Waals surface area contributed by atoms with Crippen LogP contribution in [0.15, 0.2) is 36.5 Å². The highest BCUT2D eigenvalue weighted by molar-refractivity contribution is 7.14. The largest absolute Gasteiger partial charge is 0.481 e. The second-order valence-electron chi connectivity index (χ2n) is 11.7. The summed E-state index contributed by atoms with van der Waals surface area (Å²) in [4.78, 5) is 50.1. The Morgan fingerprint density at radius 2 is 1.89 bits per heavy atom. The molecule has 0 unspecified atom stereocenters. The maximum atomic E-state index is 15.7. The molecule has 3 aliphatic rings. The molecule has 12 heteroatoms. The van der Waals surface area contributed by atoms with Gasteiger partial charge in [0.25, 0.3) is 0 Å². The Labute approximate surface area is 257 Å². The predicted octanol–water partition coefficient (Wildman–Crippen LogP) is 6.07. The van der Waals surface area contributed by atoms with Crippen LogP contribution in [-0.2, 0) is 19.1 Å². The number of aliphatic carboxylic acids is 1. The maximum Gasteiger partial charge on any atom is 0.304 e. The zero-order chi connectivity index (χ0) is 30.8. The molecule has 6 rings (SSSR count). The van der Waals surface area contributed by atoms with Crippen LogP contribution >= 0.6 is 11.3 Å². The molecule has 2 aliphatic heterocycles. The van der Waals surface area contributed by atoms with Gasteiger partial charge in [0.2, 0.25) is 16.9 Å². The van der Waals surface area contributed by atoms with Crippen LogP contribution in [0.1, 0.15) is 57.8 Å².